The van der Waals surface area contributed by atoms with Gasteiger partial charge in [0.1, 0.15) is 11.5 Å². The molecule has 0 spiro atoms. The van der Waals surface area contributed by atoms with Crippen LogP contribution >= 0.6 is 0 Å². The third-order valence-corrected chi connectivity index (χ3v) is 4.64. The number of rotatable bonds is 3. The molecular weight excluding hydrogens is 340 g/mol. The SMILES string of the molecule is O=C(c1ccnc(F)c1)N1CCC[C@H](c2cc(-c3cc(F)c[nH]3)n[nH]2)C1. The van der Waals surface area contributed by atoms with Gasteiger partial charge in [-0.15, -0.1) is 0 Å². The Bertz CT molecular complexity index is 935. The molecule has 3 aromatic rings. The van der Waals surface area contributed by atoms with Crippen molar-refractivity contribution in [2.24, 2.45) is 0 Å². The second kappa shape index (κ2) is 6.70. The number of likely N-dealkylation sites (tertiary alicyclic amines) is 1. The smallest absolute Gasteiger partial charge is 0.254 e. The zero-order valence-electron chi connectivity index (χ0n) is 13.9. The third kappa shape index (κ3) is 3.22. The minimum atomic E-state index is -0.666. The predicted octanol–water partition coefficient (Wildman–Crippen LogP) is 3.10. The van der Waals surface area contributed by atoms with E-state index in [1.807, 2.05) is 6.07 Å². The first-order valence-corrected chi connectivity index (χ1v) is 8.40. The molecule has 0 aromatic carbocycles. The van der Waals surface area contributed by atoms with E-state index in [2.05, 4.69) is 20.2 Å². The quantitative estimate of drug-likeness (QED) is 0.707. The van der Waals surface area contributed by atoms with Gasteiger partial charge in [-0.1, -0.05) is 0 Å². The van der Waals surface area contributed by atoms with Gasteiger partial charge in [0.25, 0.3) is 5.91 Å². The molecular formula is C18H17F2N5O. The van der Waals surface area contributed by atoms with E-state index in [0.29, 0.717) is 30.0 Å². The number of piperidine rings is 1. The van der Waals surface area contributed by atoms with Crippen molar-refractivity contribution in [3.63, 3.8) is 0 Å². The molecule has 6 nitrogen and oxygen atoms in total. The van der Waals surface area contributed by atoms with Gasteiger partial charge in [0.15, 0.2) is 0 Å². The van der Waals surface area contributed by atoms with Crippen LogP contribution in [0.3, 0.4) is 0 Å². The molecule has 0 saturated carbocycles. The molecule has 0 aliphatic carbocycles. The van der Waals surface area contributed by atoms with Gasteiger partial charge in [-0.2, -0.15) is 9.49 Å². The molecule has 8 heteroatoms. The lowest BCUT2D eigenvalue weighted by atomic mass is 9.94. The fourth-order valence-corrected chi connectivity index (χ4v) is 3.33. The first-order valence-electron chi connectivity index (χ1n) is 8.40. The van der Waals surface area contributed by atoms with Crippen LogP contribution in [-0.4, -0.2) is 44.1 Å². The average Bonchev–Trinajstić information content (AvgIpc) is 3.30. The van der Waals surface area contributed by atoms with Gasteiger partial charge in [0.2, 0.25) is 5.95 Å². The van der Waals surface area contributed by atoms with Crippen LogP contribution in [-0.2, 0) is 0 Å². The molecule has 1 aliphatic heterocycles. The van der Waals surface area contributed by atoms with E-state index in [4.69, 9.17) is 0 Å². The number of H-pyrrole nitrogens is 2. The van der Waals surface area contributed by atoms with E-state index in [9.17, 15) is 13.6 Å². The lowest BCUT2D eigenvalue weighted by molar-refractivity contribution is 0.0705. The summed E-state index contributed by atoms with van der Waals surface area (Å²) in [5, 5.41) is 7.22. The summed E-state index contributed by atoms with van der Waals surface area (Å²) in [5.74, 6) is -1.12. The Morgan fingerprint density at radius 3 is 2.92 bits per heavy atom. The Morgan fingerprint density at radius 1 is 1.27 bits per heavy atom. The van der Waals surface area contributed by atoms with Gasteiger partial charge in [-0.05, 0) is 25.0 Å². The molecule has 134 valence electrons. The average molecular weight is 357 g/mol. The summed E-state index contributed by atoms with van der Waals surface area (Å²) in [6, 6.07) is 5.92. The number of halogens is 2. The number of aromatic amines is 2. The largest absolute Gasteiger partial charge is 0.357 e. The Kier molecular flexibility index (Phi) is 4.24. The summed E-state index contributed by atoms with van der Waals surface area (Å²) in [6.07, 6.45) is 4.32. The molecule has 1 fully saturated rings. The second-order valence-electron chi connectivity index (χ2n) is 6.40. The van der Waals surface area contributed by atoms with Gasteiger partial charge in [0.05, 0.1) is 5.69 Å². The molecule has 4 heterocycles. The maximum Gasteiger partial charge on any atom is 0.254 e. The van der Waals surface area contributed by atoms with Gasteiger partial charge in [-0.25, -0.2) is 9.37 Å². The summed E-state index contributed by atoms with van der Waals surface area (Å²) in [7, 11) is 0. The number of carbonyl (C=O) groups excluding carboxylic acids is 1. The van der Waals surface area contributed by atoms with Crippen molar-refractivity contribution in [2.75, 3.05) is 13.1 Å². The van der Waals surface area contributed by atoms with Crippen molar-refractivity contribution in [1.82, 2.24) is 25.1 Å². The summed E-state index contributed by atoms with van der Waals surface area (Å²) < 4.78 is 26.4. The minimum Gasteiger partial charge on any atom is -0.357 e. The van der Waals surface area contributed by atoms with E-state index in [0.717, 1.165) is 24.6 Å². The number of carbonyl (C=O) groups is 1. The fraction of sp³-hybridized carbons (Fsp3) is 0.278. The highest BCUT2D eigenvalue weighted by Crippen LogP contribution is 2.29. The normalized spacial score (nSPS) is 17.5. The number of aromatic nitrogens is 4. The van der Waals surface area contributed by atoms with E-state index < -0.39 is 5.95 Å². The van der Waals surface area contributed by atoms with Crippen LogP contribution in [0.25, 0.3) is 11.4 Å². The maximum atomic E-state index is 13.3. The van der Waals surface area contributed by atoms with Crippen molar-refractivity contribution in [1.29, 1.82) is 0 Å². The highest BCUT2D eigenvalue weighted by atomic mass is 19.1. The highest BCUT2D eigenvalue weighted by molar-refractivity contribution is 5.94. The van der Waals surface area contributed by atoms with E-state index in [-0.39, 0.29) is 17.6 Å². The maximum absolute atomic E-state index is 13.3. The van der Waals surface area contributed by atoms with Crippen molar-refractivity contribution in [3.8, 4) is 11.4 Å². The monoisotopic (exact) mass is 357 g/mol. The summed E-state index contributed by atoms with van der Waals surface area (Å²) >= 11 is 0. The number of amides is 1. The van der Waals surface area contributed by atoms with Crippen LogP contribution in [0.1, 0.15) is 34.8 Å². The summed E-state index contributed by atoms with van der Waals surface area (Å²) in [4.78, 5) is 20.6. The predicted molar refractivity (Wildman–Crippen MR) is 90.4 cm³/mol. The molecule has 3 aromatic heterocycles. The third-order valence-electron chi connectivity index (χ3n) is 4.64. The standard InChI is InChI=1S/C18H17F2N5O/c19-13-7-15(22-9-13)16-8-14(23-24-16)12-2-1-5-25(10-12)18(26)11-3-4-21-17(20)6-11/h3-4,6-9,12,22H,1-2,5,10H2,(H,23,24)/t12-/m0/s1. The topological polar surface area (TPSA) is 77.7 Å². The molecule has 1 saturated heterocycles. The van der Waals surface area contributed by atoms with Gasteiger partial charge >= 0.3 is 0 Å². The Balaban J connectivity index is 1.50. The Labute approximate surface area is 148 Å². The summed E-state index contributed by atoms with van der Waals surface area (Å²) in [5.41, 5.74) is 2.42. The molecule has 2 N–H and O–H groups in total. The zero-order valence-corrected chi connectivity index (χ0v) is 13.9. The van der Waals surface area contributed by atoms with Crippen LogP contribution in [0, 0.1) is 11.8 Å². The summed E-state index contributed by atoms with van der Waals surface area (Å²) in [6.45, 7) is 1.14. The Morgan fingerprint density at radius 2 is 2.15 bits per heavy atom. The molecule has 1 amide bonds. The van der Waals surface area contributed by atoms with Crippen LogP contribution in [0.5, 0.6) is 0 Å². The van der Waals surface area contributed by atoms with Gasteiger partial charge < -0.3 is 9.88 Å². The van der Waals surface area contributed by atoms with Crippen LogP contribution < -0.4 is 0 Å². The molecule has 0 bridgehead atoms. The molecule has 1 aliphatic rings. The van der Waals surface area contributed by atoms with E-state index in [1.54, 1.807) is 4.90 Å². The molecule has 4 rings (SSSR count). The first-order chi connectivity index (χ1) is 12.6. The molecule has 0 radical (unpaired) electrons. The fourth-order valence-electron chi connectivity index (χ4n) is 3.33. The van der Waals surface area contributed by atoms with Crippen LogP contribution in [0.2, 0.25) is 0 Å². The number of pyridine rings is 1. The Hall–Kier alpha value is -3.03. The molecule has 26 heavy (non-hydrogen) atoms. The van der Waals surface area contributed by atoms with Crippen molar-refractivity contribution in [2.45, 2.75) is 18.8 Å². The second-order valence-corrected chi connectivity index (χ2v) is 6.40. The van der Waals surface area contributed by atoms with Crippen LogP contribution in [0.15, 0.2) is 36.7 Å². The zero-order chi connectivity index (χ0) is 18.1. The van der Waals surface area contributed by atoms with Crippen molar-refractivity contribution in [3.05, 3.63) is 59.7 Å². The van der Waals surface area contributed by atoms with Gasteiger partial charge in [0, 0.05) is 54.8 Å². The van der Waals surface area contributed by atoms with Crippen molar-refractivity contribution < 1.29 is 13.6 Å². The first kappa shape index (κ1) is 16.4. The number of nitrogens with zero attached hydrogens (tertiary/aromatic N) is 3. The molecule has 0 unspecified atom stereocenters. The minimum absolute atomic E-state index is 0.0976. The lowest BCUT2D eigenvalue weighted by Gasteiger charge is -2.32. The van der Waals surface area contributed by atoms with E-state index in [1.165, 1.54) is 24.5 Å². The van der Waals surface area contributed by atoms with E-state index >= 15 is 0 Å². The number of nitrogens with one attached hydrogen (secondary N) is 2. The molecule has 1 atom stereocenters. The van der Waals surface area contributed by atoms with Gasteiger partial charge in [-0.3, -0.25) is 9.89 Å². The lowest BCUT2D eigenvalue weighted by Crippen LogP contribution is -2.39. The number of hydrogen-bond donors (Lipinski definition) is 2. The highest BCUT2D eigenvalue weighted by Gasteiger charge is 2.27. The van der Waals surface area contributed by atoms with Crippen molar-refractivity contribution >= 4 is 5.91 Å². The van der Waals surface area contributed by atoms with Crippen LogP contribution in [0.4, 0.5) is 8.78 Å². The number of hydrogen-bond acceptors (Lipinski definition) is 3.